The predicted octanol–water partition coefficient (Wildman–Crippen LogP) is -0.0382. The molecule has 10 nitrogen and oxygen atoms in total. The van der Waals surface area contributed by atoms with Gasteiger partial charge in [0.05, 0.1) is 23.9 Å². The highest BCUT2D eigenvalue weighted by atomic mass is 32.2. The number of carbonyl (C=O) groups is 1. The highest BCUT2D eigenvalue weighted by Gasteiger charge is 2.26. The van der Waals surface area contributed by atoms with Crippen LogP contribution >= 0.6 is 11.8 Å². The van der Waals surface area contributed by atoms with Crippen molar-refractivity contribution in [3.63, 3.8) is 0 Å². The van der Waals surface area contributed by atoms with Gasteiger partial charge in [0.25, 0.3) is 0 Å². The maximum atomic E-state index is 12.7. The standard InChI is InChI=1S/C14H18N6O4S2/c1-19-14(16-17-18-19)25-10-13(21)15-11-3-2-4-12(9-11)26(22,23)20-5-7-24-8-6-20/h2-4,9H,5-8,10H2,1H3,(H,15,21). The minimum atomic E-state index is -3.61. The van der Waals surface area contributed by atoms with Gasteiger partial charge in [-0.15, -0.1) is 5.10 Å². The topological polar surface area (TPSA) is 119 Å². The number of tetrazole rings is 1. The van der Waals surface area contributed by atoms with Gasteiger partial charge >= 0.3 is 0 Å². The molecule has 0 saturated carbocycles. The van der Waals surface area contributed by atoms with Crippen LogP contribution in [0.5, 0.6) is 0 Å². The maximum absolute atomic E-state index is 12.7. The Morgan fingerprint density at radius 2 is 2.12 bits per heavy atom. The fraction of sp³-hybridized carbons (Fsp3) is 0.429. The van der Waals surface area contributed by atoms with Gasteiger partial charge in [0.1, 0.15) is 0 Å². The summed E-state index contributed by atoms with van der Waals surface area (Å²) in [5, 5.41) is 14.2. The van der Waals surface area contributed by atoms with Crippen molar-refractivity contribution in [1.29, 1.82) is 0 Å². The number of aryl methyl sites for hydroxylation is 1. The summed E-state index contributed by atoms with van der Waals surface area (Å²) < 4.78 is 33.4. The summed E-state index contributed by atoms with van der Waals surface area (Å²) in [6.07, 6.45) is 0. The molecule has 2 heterocycles. The average Bonchev–Trinajstić information content (AvgIpc) is 3.06. The third-order valence-electron chi connectivity index (χ3n) is 3.64. The third kappa shape index (κ3) is 4.38. The Morgan fingerprint density at radius 3 is 2.81 bits per heavy atom. The molecule has 12 heteroatoms. The molecular formula is C14H18N6O4S2. The number of aromatic nitrogens is 4. The highest BCUT2D eigenvalue weighted by molar-refractivity contribution is 7.99. The summed E-state index contributed by atoms with van der Waals surface area (Å²) in [7, 11) is -1.93. The van der Waals surface area contributed by atoms with Crippen LogP contribution in [0.4, 0.5) is 5.69 Å². The second-order valence-corrected chi connectivity index (χ2v) is 8.35. The number of hydrogen-bond donors (Lipinski definition) is 1. The fourth-order valence-electron chi connectivity index (χ4n) is 2.34. The Labute approximate surface area is 154 Å². The molecule has 0 radical (unpaired) electrons. The van der Waals surface area contributed by atoms with E-state index in [0.717, 1.165) is 0 Å². The number of nitrogens with one attached hydrogen (secondary N) is 1. The molecule has 1 saturated heterocycles. The van der Waals surface area contributed by atoms with E-state index in [4.69, 9.17) is 4.74 Å². The predicted molar refractivity (Wildman–Crippen MR) is 94.2 cm³/mol. The minimum absolute atomic E-state index is 0.106. The number of anilines is 1. The molecular weight excluding hydrogens is 380 g/mol. The number of carbonyl (C=O) groups excluding carboxylic acids is 1. The van der Waals surface area contributed by atoms with E-state index in [9.17, 15) is 13.2 Å². The van der Waals surface area contributed by atoms with Gasteiger partial charge in [-0.1, -0.05) is 17.8 Å². The van der Waals surface area contributed by atoms with Gasteiger partial charge in [-0.3, -0.25) is 4.79 Å². The molecule has 1 aliphatic heterocycles. The molecule has 140 valence electrons. The van der Waals surface area contributed by atoms with Gasteiger partial charge in [0.2, 0.25) is 21.1 Å². The second kappa shape index (κ2) is 8.12. The zero-order valence-corrected chi connectivity index (χ0v) is 15.7. The van der Waals surface area contributed by atoms with Crippen LogP contribution < -0.4 is 5.32 Å². The molecule has 1 fully saturated rings. The number of hydrogen-bond acceptors (Lipinski definition) is 8. The normalized spacial score (nSPS) is 15.7. The summed E-state index contributed by atoms with van der Waals surface area (Å²) >= 11 is 1.19. The van der Waals surface area contributed by atoms with Crippen LogP contribution in [0, 0.1) is 0 Å². The van der Waals surface area contributed by atoms with Gasteiger partial charge in [-0.2, -0.15) is 4.31 Å². The van der Waals surface area contributed by atoms with Crippen molar-refractivity contribution in [1.82, 2.24) is 24.5 Å². The van der Waals surface area contributed by atoms with Crippen LogP contribution in [-0.4, -0.2) is 70.9 Å². The van der Waals surface area contributed by atoms with Crippen LogP contribution in [0.2, 0.25) is 0 Å². The number of sulfonamides is 1. The van der Waals surface area contributed by atoms with Crippen molar-refractivity contribution >= 4 is 33.4 Å². The molecule has 1 aromatic heterocycles. The SMILES string of the molecule is Cn1nnnc1SCC(=O)Nc1cccc(S(=O)(=O)N2CCOCC2)c1. The molecule has 3 rings (SSSR count). The first-order valence-electron chi connectivity index (χ1n) is 7.80. The smallest absolute Gasteiger partial charge is 0.243 e. The molecule has 2 aromatic rings. The Hall–Kier alpha value is -2.02. The largest absolute Gasteiger partial charge is 0.379 e. The van der Waals surface area contributed by atoms with E-state index < -0.39 is 10.0 Å². The van der Waals surface area contributed by atoms with E-state index >= 15 is 0 Å². The zero-order valence-electron chi connectivity index (χ0n) is 14.0. The molecule has 1 N–H and O–H groups in total. The molecule has 0 aliphatic carbocycles. The molecule has 26 heavy (non-hydrogen) atoms. The van der Waals surface area contributed by atoms with E-state index in [1.807, 2.05) is 0 Å². The van der Waals surface area contributed by atoms with Crippen LogP contribution in [0.1, 0.15) is 0 Å². The van der Waals surface area contributed by atoms with Crippen molar-refractivity contribution in [2.45, 2.75) is 10.1 Å². The number of ether oxygens (including phenoxy) is 1. The number of amides is 1. The molecule has 1 aromatic carbocycles. The Balaban J connectivity index is 1.65. The summed E-state index contributed by atoms with van der Waals surface area (Å²) in [6, 6.07) is 6.21. The second-order valence-electron chi connectivity index (χ2n) is 5.47. The van der Waals surface area contributed by atoms with E-state index in [1.54, 1.807) is 19.2 Å². The zero-order chi connectivity index (χ0) is 18.6. The summed E-state index contributed by atoms with van der Waals surface area (Å²) in [5.74, 6) is -0.173. The lowest BCUT2D eigenvalue weighted by atomic mass is 10.3. The Morgan fingerprint density at radius 1 is 1.35 bits per heavy atom. The first kappa shape index (κ1) is 18.8. The summed E-state index contributed by atoms with van der Waals surface area (Å²) in [6.45, 7) is 1.40. The van der Waals surface area contributed by atoms with E-state index in [-0.39, 0.29) is 16.6 Å². The van der Waals surface area contributed by atoms with E-state index in [2.05, 4.69) is 20.8 Å². The first-order chi connectivity index (χ1) is 12.5. The molecule has 0 atom stereocenters. The van der Waals surface area contributed by atoms with Crippen LogP contribution in [-0.2, 0) is 26.6 Å². The molecule has 1 aliphatic rings. The van der Waals surface area contributed by atoms with Gasteiger partial charge in [-0.25, -0.2) is 13.1 Å². The Bertz CT molecular complexity index is 879. The first-order valence-corrected chi connectivity index (χ1v) is 10.2. The molecule has 0 spiro atoms. The van der Waals surface area contributed by atoms with Crippen molar-refractivity contribution in [2.24, 2.45) is 7.05 Å². The van der Waals surface area contributed by atoms with Crippen molar-refractivity contribution in [2.75, 3.05) is 37.4 Å². The molecule has 0 bridgehead atoms. The number of thioether (sulfide) groups is 1. The molecule has 0 unspecified atom stereocenters. The van der Waals surface area contributed by atoms with Crippen LogP contribution in [0.3, 0.4) is 0 Å². The average molecular weight is 398 g/mol. The quantitative estimate of drug-likeness (QED) is 0.673. The van der Waals surface area contributed by atoms with Crippen molar-refractivity contribution in [3.05, 3.63) is 24.3 Å². The monoisotopic (exact) mass is 398 g/mol. The van der Waals surface area contributed by atoms with Crippen LogP contribution in [0.15, 0.2) is 34.3 Å². The van der Waals surface area contributed by atoms with Gasteiger partial charge < -0.3 is 10.1 Å². The van der Waals surface area contributed by atoms with Crippen molar-refractivity contribution < 1.29 is 17.9 Å². The van der Waals surface area contributed by atoms with Gasteiger partial charge in [0, 0.05) is 25.8 Å². The summed E-state index contributed by atoms with van der Waals surface area (Å²) in [4.78, 5) is 12.2. The van der Waals surface area contributed by atoms with E-state index in [0.29, 0.717) is 37.1 Å². The lowest BCUT2D eigenvalue weighted by molar-refractivity contribution is -0.113. The number of benzene rings is 1. The van der Waals surface area contributed by atoms with Crippen molar-refractivity contribution in [3.8, 4) is 0 Å². The number of nitrogens with zero attached hydrogens (tertiary/aromatic N) is 5. The van der Waals surface area contributed by atoms with Crippen LogP contribution in [0.25, 0.3) is 0 Å². The third-order valence-corrected chi connectivity index (χ3v) is 6.54. The van der Waals surface area contributed by atoms with Gasteiger partial charge in [-0.05, 0) is 28.6 Å². The van der Waals surface area contributed by atoms with E-state index in [1.165, 1.54) is 32.9 Å². The van der Waals surface area contributed by atoms with Gasteiger partial charge in [0.15, 0.2) is 0 Å². The summed E-state index contributed by atoms with van der Waals surface area (Å²) in [5.41, 5.74) is 0.418. The number of morpholine rings is 1. The Kier molecular flexibility index (Phi) is 5.86. The number of rotatable bonds is 6. The molecule has 1 amide bonds. The minimum Gasteiger partial charge on any atom is -0.379 e. The fourth-order valence-corrected chi connectivity index (χ4v) is 4.45. The lowest BCUT2D eigenvalue weighted by Crippen LogP contribution is -2.40. The lowest BCUT2D eigenvalue weighted by Gasteiger charge is -2.26. The highest BCUT2D eigenvalue weighted by Crippen LogP contribution is 2.21. The maximum Gasteiger partial charge on any atom is 0.243 e.